The van der Waals surface area contributed by atoms with Crippen LogP contribution in [-0.2, 0) is 0 Å². The molecule has 0 radical (unpaired) electrons. The predicted octanol–water partition coefficient (Wildman–Crippen LogP) is 1.45. The van der Waals surface area contributed by atoms with Crippen molar-refractivity contribution in [2.24, 2.45) is 5.73 Å². The molecule has 2 atom stereocenters. The predicted molar refractivity (Wildman–Crippen MR) is 81.4 cm³/mol. The molecule has 0 aliphatic carbocycles. The van der Waals surface area contributed by atoms with Crippen LogP contribution < -0.4 is 11.3 Å². The summed E-state index contributed by atoms with van der Waals surface area (Å²) in [6.07, 6.45) is 2.96. The van der Waals surface area contributed by atoms with E-state index in [4.69, 9.17) is 5.73 Å². The number of nitrogens with two attached hydrogens (primary N) is 1. The third kappa shape index (κ3) is 3.41. The van der Waals surface area contributed by atoms with Gasteiger partial charge in [0.25, 0.3) is 11.5 Å². The molecule has 112 valence electrons. The highest BCUT2D eigenvalue weighted by Crippen LogP contribution is 2.20. The standard InChI is InChI=1S/C14H21N3O2.ClH/c1-9-6-7-11(13(18)16-9)14(19)17-8-4-3-5-12(17)10(2)15;/h6-7,10,12H,3-5,8,15H2,1-2H3,(H,16,18);1H. The number of hydrogen-bond acceptors (Lipinski definition) is 3. The summed E-state index contributed by atoms with van der Waals surface area (Å²) in [5.41, 5.74) is 6.60. The van der Waals surface area contributed by atoms with Gasteiger partial charge < -0.3 is 15.6 Å². The number of carbonyl (C=O) groups excluding carboxylic acids is 1. The Labute approximate surface area is 125 Å². The van der Waals surface area contributed by atoms with Crippen LogP contribution in [0, 0.1) is 6.92 Å². The first-order chi connectivity index (χ1) is 9.00. The van der Waals surface area contributed by atoms with E-state index in [9.17, 15) is 9.59 Å². The number of piperidine rings is 1. The van der Waals surface area contributed by atoms with E-state index in [-0.39, 0.29) is 41.5 Å². The van der Waals surface area contributed by atoms with Crippen LogP contribution in [0.5, 0.6) is 0 Å². The zero-order chi connectivity index (χ0) is 14.0. The molecule has 1 aromatic rings. The van der Waals surface area contributed by atoms with Gasteiger partial charge in [-0.2, -0.15) is 0 Å². The van der Waals surface area contributed by atoms with E-state index >= 15 is 0 Å². The first-order valence-corrected chi connectivity index (χ1v) is 6.77. The van der Waals surface area contributed by atoms with Crippen molar-refractivity contribution in [3.8, 4) is 0 Å². The second-order valence-electron chi connectivity index (χ2n) is 5.30. The molecule has 2 unspecified atom stereocenters. The molecule has 0 bridgehead atoms. The second kappa shape index (κ2) is 6.90. The van der Waals surface area contributed by atoms with Crippen LogP contribution in [0.3, 0.4) is 0 Å². The van der Waals surface area contributed by atoms with Crippen molar-refractivity contribution in [1.29, 1.82) is 0 Å². The first kappa shape index (κ1) is 16.7. The molecule has 6 heteroatoms. The summed E-state index contributed by atoms with van der Waals surface area (Å²) in [5, 5.41) is 0. The van der Waals surface area contributed by atoms with E-state index in [0.717, 1.165) is 25.0 Å². The van der Waals surface area contributed by atoms with E-state index in [1.165, 1.54) is 0 Å². The van der Waals surface area contributed by atoms with Crippen LogP contribution in [0.2, 0.25) is 0 Å². The number of nitrogens with one attached hydrogen (secondary N) is 1. The molecule has 1 fully saturated rings. The second-order valence-corrected chi connectivity index (χ2v) is 5.30. The molecule has 1 aliphatic heterocycles. The molecule has 2 heterocycles. The number of rotatable bonds is 2. The molecule has 1 saturated heterocycles. The average molecular weight is 300 g/mol. The van der Waals surface area contributed by atoms with Crippen molar-refractivity contribution in [3.63, 3.8) is 0 Å². The van der Waals surface area contributed by atoms with E-state index in [0.29, 0.717) is 6.54 Å². The van der Waals surface area contributed by atoms with E-state index in [2.05, 4.69) is 4.98 Å². The van der Waals surface area contributed by atoms with Crippen LogP contribution in [0.15, 0.2) is 16.9 Å². The number of nitrogens with zero attached hydrogens (tertiary/aromatic N) is 1. The van der Waals surface area contributed by atoms with Crippen LogP contribution in [0.4, 0.5) is 0 Å². The van der Waals surface area contributed by atoms with Gasteiger partial charge in [-0.05, 0) is 45.2 Å². The lowest BCUT2D eigenvalue weighted by molar-refractivity contribution is 0.0582. The molecule has 5 nitrogen and oxygen atoms in total. The number of hydrogen-bond donors (Lipinski definition) is 2. The van der Waals surface area contributed by atoms with Crippen molar-refractivity contribution in [3.05, 3.63) is 33.7 Å². The molecule has 0 saturated carbocycles. The molecular formula is C14H22ClN3O2. The van der Waals surface area contributed by atoms with Crippen LogP contribution in [0.25, 0.3) is 0 Å². The molecule has 20 heavy (non-hydrogen) atoms. The largest absolute Gasteiger partial charge is 0.334 e. The number of H-pyrrole nitrogens is 1. The summed E-state index contributed by atoms with van der Waals surface area (Å²) in [5.74, 6) is -0.205. The van der Waals surface area contributed by atoms with Crippen molar-refractivity contribution >= 4 is 18.3 Å². The number of aromatic amines is 1. The quantitative estimate of drug-likeness (QED) is 0.867. The summed E-state index contributed by atoms with van der Waals surface area (Å²) in [6, 6.07) is 3.30. The Bertz CT molecular complexity index is 527. The molecule has 1 aliphatic rings. The Balaban J connectivity index is 0.00000200. The fraction of sp³-hybridized carbons (Fsp3) is 0.571. The summed E-state index contributed by atoms with van der Waals surface area (Å²) >= 11 is 0. The minimum atomic E-state index is -0.320. The number of pyridine rings is 1. The van der Waals surface area contributed by atoms with Crippen molar-refractivity contribution < 1.29 is 4.79 Å². The number of amides is 1. The topological polar surface area (TPSA) is 79.2 Å². The van der Waals surface area contributed by atoms with Gasteiger partial charge in [0.05, 0.1) is 0 Å². The lowest BCUT2D eigenvalue weighted by atomic mass is 9.96. The number of aromatic nitrogens is 1. The number of aryl methyl sites for hydroxylation is 1. The molecule has 3 N–H and O–H groups in total. The number of halogens is 1. The minimum Gasteiger partial charge on any atom is -0.334 e. The Morgan fingerprint density at radius 3 is 2.75 bits per heavy atom. The summed E-state index contributed by atoms with van der Waals surface area (Å²) in [6.45, 7) is 4.38. The van der Waals surface area contributed by atoms with Gasteiger partial charge in [0.1, 0.15) is 5.56 Å². The normalized spacial score (nSPS) is 20.1. The Morgan fingerprint density at radius 1 is 1.45 bits per heavy atom. The molecule has 0 aromatic carbocycles. The van der Waals surface area contributed by atoms with Crippen LogP contribution >= 0.6 is 12.4 Å². The van der Waals surface area contributed by atoms with Gasteiger partial charge in [0, 0.05) is 24.3 Å². The molecule has 1 amide bonds. The lowest BCUT2D eigenvalue weighted by Crippen LogP contribution is -2.52. The van der Waals surface area contributed by atoms with Crippen molar-refractivity contribution in [2.75, 3.05) is 6.54 Å². The summed E-state index contributed by atoms with van der Waals surface area (Å²) < 4.78 is 0. The summed E-state index contributed by atoms with van der Waals surface area (Å²) in [4.78, 5) is 28.8. The zero-order valence-electron chi connectivity index (χ0n) is 11.9. The molecule has 1 aromatic heterocycles. The lowest BCUT2D eigenvalue weighted by Gasteiger charge is -2.37. The Kier molecular flexibility index (Phi) is 5.77. The molecular weight excluding hydrogens is 278 g/mol. The number of carbonyl (C=O) groups is 1. The van der Waals surface area contributed by atoms with E-state index in [1.807, 2.05) is 6.92 Å². The minimum absolute atomic E-state index is 0. The third-order valence-corrected chi connectivity index (χ3v) is 3.70. The van der Waals surface area contributed by atoms with Gasteiger partial charge in [-0.25, -0.2) is 0 Å². The highest BCUT2D eigenvalue weighted by molar-refractivity contribution is 5.94. The summed E-state index contributed by atoms with van der Waals surface area (Å²) in [7, 11) is 0. The van der Waals surface area contributed by atoms with Gasteiger partial charge in [-0.1, -0.05) is 0 Å². The third-order valence-electron chi connectivity index (χ3n) is 3.70. The average Bonchev–Trinajstić information content (AvgIpc) is 2.38. The highest BCUT2D eigenvalue weighted by Gasteiger charge is 2.30. The monoisotopic (exact) mass is 299 g/mol. The smallest absolute Gasteiger partial charge is 0.260 e. The van der Waals surface area contributed by atoms with E-state index < -0.39 is 0 Å². The Morgan fingerprint density at radius 2 is 2.15 bits per heavy atom. The Hall–Kier alpha value is -1.33. The zero-order valence-corrected chi connectivity index (χ0v) is 12.7. The van der Waals surface area contributed by atoms with Gasteiger partial charge >= 0.3 is 0 Å². The number of likely N-dealkylation sites (tertiary alicyclic amines) is 1. The maximum atomic E-state index is 12.5. The first-order valence-electron chi connectivity index (χ1n) is 6.77. The van der Waals surface area contributed by atoms with Crippen LogP contribution in [-0.4, -0.2) is 34.4 Å². The maximum Gasteiger partial charge on any atom is 0.260 e. The van der Waals surface area contributed by atoms with Gasteiger partial charge in [-0.15, -0.1) is 12.4 Å². The van der Waals surface area contributed by atoms with Gasteiger partial charge in [-0.3, -0.25) is 9.59 Å². The van der Waals surface area contributed by atoms with E-state index in [1.54, 1.807) is 24.0 Å². The van der Waals surface area contributed by atoms with Crippen molar-refractivity contribution in [1.82, 2.24) is 9.88 Å². The maximum absolute atomic E-state index is 12.5. The highest BCUT2D eigenvalue weighted by atomic mass is 35.5. The molecule has 0 spiro atoms. The molecule has 2 rings (SSSR count). The fourth-order valence-corrected chi connectivity index (χ4v) is 2.65. The fourth-order valence-electron chi connectivity index (χ4n) is 2.65. The van der Waals surface area contributed by atoms with Gasteiger partial charge in [0.15, 0.2) is 0 Å². The SMILES string of the molecule is Cc1ccc(C(=O)N2CCCCC2C(C)N)c(=O)[nH]1.Cl. The van der Waals surface area contributed by atoms with Crippen LogP contribution in [0.1, 0.15) is 42.2 Å². The van der Waals surface area contributed by atoms with Gasteiger partial charge in [0.2, 0.25) is 0 Å². The van der Waals surface area contributed by atoms with Crippen molar-refractivity contribution in [2.45, 2.75) is 45.2 Å².